The highest BCUT2D eigenvalue weighted by Gasteiger charge is 2.46. The molecule has 2 aromatic carbocycles. The lowest BCUT2D eigenvalue weighted by Gasteiger charge is -2.27. The van der Waals surface area contributed by atoms with E-state index in [4.69, 9.17) is 14.2 Å². The second-order valence-corrected chi connectivity index (χ2v) is 9.27. The lowest BCUT2D eigenvalue weighted by Crippen LogP contribution is -2.31. The molecule has 7 nitrogen and oxygen atoms in total. The molecule has 35 heavy (non-hydrogen) atoms. The second kappa shape index (κ2) is 11.9. The van der Waals surface area contributed by atoms with Gasteiger partial charge in [0, 0.05) is 31.4 Å². The molecule has 1 aliphatic rings. The maximum Gasteiger partial charge on any atom is 0.295 e. The van der Waals surface area contributed by atoms with Gasteiger partial charge in [-0.05, 0) is 56.5 Å². The van der Waals surface area contributed by atoms with Crippen LogP contribution in [0.15, 0.2) is 54.1 Å². The maximum absolute atomic E-state index is 13.2. The SMILES string of the molecule is COCCCN1C(=O)C(=O)/C(=C(\O)c2ccc(OCC(C)C)cc2)C1c1ccccc1OC(C)C. The summed E-state index contributed by atoms with van der Waals surface area (Å²) in [5.41, 5.74) is 1.13. The molecule has 0 aromatic heterocycles. The summed E-state index contributed by atoms with van der Waals surface area (Å²) in [7, 11) is 1.59. The van der Waals surface area contributed by atoms with Crippen molar-refractivity contribution in [3.05, 3.63) is 65.2 Å². The fourth-order valence-electron chi connectivity index (χ4n) is 4.01. The molecule has 1 aliphatic heterocycles. The number of hydrogen-bond donors (Lipinski definition) is 1. The summed E-state index contributed by atoms with van der Waals surface area (Å²) in [5, 5.41) is 11.3. The first-order valence-corrected chi connectivity index (χ1v) is 12.0. The molecule has 7 heteroatoms. The molecule has 1 atom stereocenters. The van der Waals surface area contributed by atoms with Crippen molar-refractivity contribution in [2.24, 2.45) is 5.92 Å². The van der Waals surface area contributed by atoms with Crippen molar-refractivity contribution in [3.8, 4) is 11.5 Å². The van der Waals surface area contributed by atoms with Gasteiger partial charge in [0.25, 0.3) is 11.7 Å². The summed E-state index contributed by atoms with van der Waals surface area (Å²) in [6.07, 6.45) is 0.445. The third kappa shape index (κ3) is 6.22. The monoisotopic (exact) mass is 481 g/mol. The molecule has 3 rings (SSSR count). The average molecular weight is 482 g/mol. The molecule has 0 radical (unpaired) electrons. The van der Waals surface area contributed by atoms with Crippen molar-refractivity contribution < 1.29 is 28.9 Å². The standard InChI is InChI=1S/C28H35NO6/c1-18(2)17-34-21-13-11-20(12-14-21)26(30)24-25(22-9-6-7-10-23(22)35-19(3)4)29(15-8-16-33-5)28(32)27(24)31/h6-7,9-14,18-19,25,30H,8,15-17H2,1-5H3/b26-24-. The van der Waals surface area contributed by atoms with Gasteiger partial charge in [-0.25, -0.2) is 0 Å². The summed E-state index contributed by atoms with van der Waals surface area (Å²) in [5.74, 6) is 0.0212. The van der Waals surface area contributed by atoms with Gasteiger partial charge in [-0.2, -0.15) is 0 Å². The number of methoxy groups -OCH3 is 1. The Morgan fingerprint density at radius 1 is 1.03 bits per heavy atom. The molecule has 1 heterocycles. The highest BCUT2D eigenvalue weighted by Crippen LogP contribution is 2.43. The van der Waals surface area contributed by atoms with Gasteiger partial charge in [0.1, 0.15) is 17.3 Å². The fourth-order valence-corrected chi connectivity index (χ4v) is 4.01. The van der Waals surface area contributed by atoms with Crippen LogP contribution in [0.1, 0.15) is 51.3 Å². The number of ether oxygens (including phenoxy) is 3. The van der Waals surface area contributed by atoms with E-state index in [0.717, 1.165) is 0 Å². The van der Waals surface area contributed by atoms with Crippen LogP contribution in [0.25, 0.3) is 5.76 Å². The van der Waals surface area contributed by atoms with Crippen LogP contribution in [0.5, 0.6) is 11.5 Å². The van der Waals surface area contributed by atoms with E-state index in [0.29, 0.717) is 54.7 Å². The van der Waals surface area contributed by atoms with Crippen LogP contribution in [0.4, 0.5) is 0 Å². The van der Waals surface area contributed by atoms with Crippen molar-refractivity contribution in [2.75, 3.05) is 26.9 Å². The van der Waals surface area contributed by atoms with E-state index in [1.807, 2.05) is 38.1 Å². The Bertz CT molecular complexity index is 1060. The molecule has 1 unspecified atom stereocenters. The van der Waals surface area contributed by atoms with Crippen LogP contribution in [-0.4, -0.2) is 54.7 Å². The van der Waals surface area contributed by atoms with Gasteiger partial charge in [0.2, 0.25) is 0 Å². The maximum atomic E-state index is 13.2. The lowest BCUT2D eigenvalue weighted by atomic mass is 9.94. The summed E-state index contributed by atoms with van der Waals surface area (Å²) in [6, 6.07) is 13.4. The van der Waals surface area contributed by atoms with Crippen molar-refractivity contribution in [1.29, 1.82) is 0 Å². The number of aliphatic hydroxyl groups excluding tert-OH is 1. The van der Waals surface area contributed by atoms with Crippen LogP contribution in [0.3, 0.4) is 0 Å². The third-order valence-corrected chi connectivity index (χ3v) is 5.57. The van der Waals surface area contributed by atoms with E-state index in [2.05, 4.69) is 13.8 Å². The molecule has 0 spiro atoms. The van der Waals surface area contributed by atoms with Crippen molar-refractivity contribution in [3.63, 3.8) is 0 Å². The van der Waals surface area contributed by atoms with Gasteiger partial charge in [-0.15, -0.1) is 0 Å². The lowest BCUT2D eigenvalue weighted by molar-refractivity contribution is -0.140. The Labute approximate surface area is 207 Å². The summed E-state index contributed by atoms with van der Waals surface area (Å²) < 4.78 is 16.9. The van der Waals surface area contributed by atoms with Crippen molar-refractivity contribution in [2.45, 2.75) is 46.3 Å². The van der Waals surface area contributed by atoms with E-state index in [1.54, 1.807) is 31.4 Å². The van der Waals surface area contributed by atoms with Crippen molar-refractivity contribution >= 4 is 17.4 Å². The second-order valence-electron chi connectivity index (χ2n) is 9.27. The van der Waals surface area contributed by atoms with Gasteiger partial charge in [-0.3, -0.25) is 9.59 Å². The van der Waals surface area contributed by atoms with Gasteiger partial charge in [0.15, 0.2) is 0 Å². The molecule has 1 N–H and O–H groups in total. The molecular formula is C28H35NO6. The molecule has 2 aromatic rings. The largest absolute Gasteiger partial charge is 0.507 e. The minimum absolute atomic E-state index is 0.0445. The molecule has 0 saturated carbocycles. The minimum atomic E-state index is -0.779. The number of benzene rings is 2. The first kappa shape index (κ1) is 26.3. The average Bonchev–Trinajstić information content (AvgIpc) is 3.07. The van der Waals surface area contributed by atoms with E-state index in [9.17, 15) is 14.7 Å². The van der Waals surface area contributed by atoms with E-state index in [1.165, 1.54) is 4.90 Å². The number of hydrogen-bond acceptors (Lipinski definition) is 6. The molecular weight excluding hydrogens is 446 g/mol. The quantitative estimate of drug-likeness (QED) is 0.211. The number of carbonyl (C=O) groups is 2. The van der Waals surface area contributed by atoms with E-state index >= 15 is 0 Å². The predicted octanol–water partition coefficient (Wildman–Crippen LogP) is 4.97. The normalized spacial score (nSPS) is 17.5. The first-order chi connectivity index (χ1) is 16.7. The Hall–Kier alpha value is -3.32. The van der Waals surface area contributed by atoms with Gasteiger partial charge in [-0.1, -0.05) is 32.0 Å². The Morgan fingerprint density at radius 3 is 2.34 bits per heavy atom. The molecule has 0 bridgehead atoms. The van der Waals surface area contributed by atoms with Crippen LogP contribution in [0.2, 0.25) is 0 Å². The molecule has 1 fully saturated rings. The number of amides is 1. The van der Waals surface area contributed by atoms with Crippen LogP contribution >= 0.6 is 0 Å². The molecule has 1 saturated heterocycles. The summed E-state index contributed by atoms with van der Waals surface area (Å²) >= 11 is 0. The highest BCUT2D eigenvalue weighted by molar-refractivity contribution is 6.46. The number of rotatable bonds is 11. The molecule has 0 aliphatic carbocycles. The number of carbonyl (C=O) groups excluding carboxylic acids is 2. The topological polar surface area (TPSA) is 85.3 Å². The Morgan fingerprint density at radius 2 is 1.71 bits per heavy atom. The van der Waals surface area contributed by atoms with Gasteiger partial charge in [0.05, 0.1) is 24.3 Å². The van der Waals surface area contributed by atoms with E-state index in [-0.39, 0.29) is 17.4 Å². The Balaban J connectivity index is 2.07. The number of aliphatic hydroxyl groups is 1. The first-order valence-electron chi connectivity index (χ1n) is 12.0. The molecule has 188 valence electrons. The van der Waals surface area contributed by atoms with Crippen LogP contribution < -0.4 is 9.47 Å². The van der Waals surface area contributed by atoms with Gasteiger partial charge >= 0.3 is 0 Å². The van der Waals surface area contributed by atoms with Crippen LogP contribution in [0, 0.1) is 5.92 Å². The summed E-state index contributed by atoms with van der Waals surface area (Å²) in [4.78, 5) is 27.8. The smallest absolute Gasteiger partial charge is 0.295 e. The Kier molecular flexibility index (Phi) is 8.93. The summed E-state index contributed by atoms with van der Waals surface area (Å²) in [6.45, 7) is 9.27. The van der Waals surface area contributed by atoms with Gasteiger partial charge < -0.3 is 24.2 Å². The number of ketones is 1. The predicted molar refractivity (Wildman–Crippen MR) is 134 cm³/mol. The van der Waals surface area contributed by atoms with Crippen LogP contribution in [-0.2, 0) is 14.3 Å². The number of Topliss-reactive ketones (excluding diaryl/α,β-unsaturated/α-hetero) is 1. The zero-order chi connectivity index (χ0) is 25.5. The number of likely N-dealkylation sites (tertiary alicyclic amines) is 1. The van der Waals surface area contributed by atoms with E-state index < -0.39 is 17.7 Å². The molecule has 1 amide bonds. The zero-order valence-electron chi connectivity index (χ0n) is 21.1. The van der Waals surface area contributed by atoms with Crippen molar-refractivity contribution in [1.82, 2.24) is 4.90 Å². The highest BCUT2D eigenvalue weighted by atomic mass is 16.5. The fraction of sp³-hybridized carbons (Fsp3) is 0.429. The zero-order valence-corrected chi connectivity index (χ0v) is 21.1. The third-order valence-electron chi connectivity index (χ3n) is 5.57. The number of nitrogens with zero attached hydrogens (tertiary/aromatic N) is 1. The number of para-hydroxylation sites is 1. The minimum Gasteiger partial charge on any atom is -0.507 e.